The number of unbranched alkanes of at least 4 members (excludes halogenated alkanes) is 15. The molecule has 0 saturated carbocycles. The van der Waals surface area contributed by atoms with Crippen LogP contribution in [-0.4, -0.2) is 13.3 Å². The van der Waals surface area contributed by atoms with Crippen LogP contribution >= 0.6 is 0 Å². The fourth-order valence-corrected chi connectivity index (χ4v) is 2.77. The van der Waals surface area contributed by atoms with Crippen LogP contribution in [0.5, 0.6) is 0 Å². The summed E-state index contributed by atoms with van der Waals surface area (Å²) in [5, 5.41) is 0. The Balaban J connectivity index is 2.90. The minimum absolute atomic E-state index is 0.957. The van der Waals surface area contributed by atoms with Gasteiger partial charge in [0.05, 0.1) is 0 Å². The smallest absolute Gasteiger partial charge is 0.0382 e. The molecular formula is C19H39N. The standard InChI is InChI=1S/C19H39N/c1-3-4-5-6-7-8-9-10-11-12-13-14-15-16-17-18-19-20-2/h2-19H2,1H3. The quantitative estimate of drug-likeness (QED) is 0.202. The maximum absolute atomic E-state index is 3.89. The van der Waals surface area contributed by atoms with E-state index in [0.717, 1.165) is 6.54 Å². The van der Waals surface area contributed by atoms with Gasteiger partial charge in [0.2, 0.25) is 0 Å². The van der Waals surface area contributed by atoms with Crippen molar-refractivity contribution in [2.45, 2.75) is 110 Å². The summed E-state index contributed by atoms with van der Waals surface area (Å²) in [6.07, 6.45) is 22.8. The van der Waals surface area contributed by atoms with E-state index in [1.54, 1.807) is 0 Å². The molecule has 0 aliphatic heterocycles. The Hall–Kier alpha value is -0.330. The minimum Gasteiger partial charge on any atom is -0.301 e. The second-order valence-electron chi connectivity index (χ2n) is 6.25. The zero-order valence-corrected chi connectivity index (χ0v) is 14.2. The van der Waals surface area contributed by atoms with Crippen LogP contribution in [-0.2, 0) is 0 Å². The van der Waals surface area contributed by atoms with E-state index in [-0.39, 0.29) is 0 Å². The number of nitrogens with zero attached hydrogens (tertiary/aromatic N) is 1. The molecule has 0 aliphatic rings. The normalized spacial score (nSPS) is 10.8. The first-order valence-electron chi connectivity index (χ1n) is 9.34. The predicted molar refractivity (Wildman–Crippen MR) is 94.0 cm³/mol. The van der Waals surface area contributed by atoms with Crippen LogP contribution in [0.3, 0.4) is 0 Å². The van der Waals surface area contributed by atoms with Crippen molar-refractivity contribution in [3.8, 4) is 0 Å². The summed E-state index contributed by atoms with van der Waals surface area (Å²) >= 11 is 0. The zero-order chi connectivity index (χ0) is 14.7. The van der Waals surface area contributed by atoms with Gasteiger partial charge in [0, 0.05) is 6.54 Å². The van der Waals surface area contributed by atoms with Gasteiger partial charge >= 0.3 is 0 Å². The van der Waals surface area contributed by atoms with Crippen LogP contribution in [0.4, 0.5) is 0 Å². The molecule has 0 radical (unpaired) electrons. The third kappa shape index (κ3) is 17.7. The second kappa shape index (κ2) is 18.7. The highest BCUT2D eigenvalue weighted by atomic mass is 14.7. The van der Waals surface area contributed by atoms with E-state index in [2.05, 4.69) is 18.6 Å². The summed E-state index contributed by atoms with van der Waals surface area (Å²) in [5.41, 5.74) is 0. The fourth-order valence-electron chi connectivity index (χ4n) is 2.77. The van der Waals surface area contributed by atoms with Gasteiger partial charge in [0.1, 0.15) is 0 Å². The molecule has 0 unspecified atom stereocenters. The molecule has 0 fully saturated rings. The van der Waals surface area contributed by atoms with Gasteiger partial charge in [-0.05, 0) is 13.1 Å². The third-order valence-corrected chi connectivity index (χ3v) is 4.17. The first-order chi connectivity index (χ1) is 9.91. The van der Waals surface area contributed by atoms with Crippen LogP contribution in [0.2, 0.25) is 0 Å². The Bertz CT molecular complexity index is 177. The van der Waals surface area contributed by atoms with E-state index in [4.69, 9.17) is 0 Å². The molecule has 0 bridgehead atoms. The number of aliphatic imine (C=N–C) groups is 1. The molecule has 0 saturated heterocycles. The highest BCUT2D eigenvalue weighted by molar-refractivity contribution is 5.22. The molecule has 0 aromatic rings. The minimum atomic E-state index is 0.957. The Morgan fingerprint density at radius 2 is 0.800 bits per heavy atom. The third-order valence-electron chi connectivity index (χ3n) is 4.17. The van der Waals surface area contributed by atoms with Crippen LogP contribution in [0.15, 0.2) is 4.99 Å². The van der Waals surface area contributed by atoms with E-state index in [0.29, 0.717) is 0 Å². The molecule has 120 valence electrons. The van der Waals surface area contributed by atoms with Gasteiger partial charge in [-0.3, -0.25) is 0 Å². The average Bonchev–Trinajstić information content (AvgIpc) is 2.47. The lowest BCUT2D eigenvalue weighted by molar-refractivity contribution is 0.530. The van der Waals surface area contributed by atoms with Gasteiger partial charge in [-0.25, -0.2) is 0 Å². The Morgan fingerprint density at radius 3 is 1.10 bits per heavy atom. The lowest BCUT2D eigenvalue weighted by Crippen LogP contribution is -1.84. The van der Waals surface area contributed by atoms with E-state index in [1.807, 2.05) is 0 Å². The predicted octanol–water partition coefficient (Wildman–Crippen LogP) is 6.95. The van der Waals surface area contributed by atoms with Crippen molar-refractivity contribution in [1.82, 2.24) is 0 Å². The summed E-state index contributed by atoms with van der Waals surface area (Å²) in [6, 6.07) is 0. The summed E-state index contributed by atoms with van der Waals surface area (Å²) in [6.45, 7) is 6.76. The van der Waals surface area contributed by atoms with E-state index >= 15 is 0 Å². The van der Waals surface area contributed by atoms with Gasteiger partial charge in [-0.1, -0.05) is 103 Å². The van der Waals surface area contributed by atoms with Gasteiger partial charge < -0.3 is 4.99 Å². The van der Waals surface area contributed by atoms with E-state index in [9.17, 15) is 0 Å². The summed E-state index contributed by atoms with van der Waals surface area (Å²) in [7, 11) is 0. The Kier molecular flexibility index (Phi) is 18.4. The van der Waals surface area contributed by atoms with Crippen LogP contribution in [0.1, 0.15) is 110 Å². The molecule has 1 heteroatoms. The molecular weight excluding hydrogens is 242 g/mol. The maximum atomic E-state index is 3.89. The molecule has 0 heterocycles. The van der Waals surface area contributed by atoms with Crippen molar-refractivity contribution in [3.63, 3.8) is 0 Å². The van der Waals surface area contributed by atoms with E-state index < -0.39 is 0 Å². The van der Waals surface area contributed by atoms with Crippen LogP contribution in [0.25, 0.3) is 0 Å². The lowest BCUT2D eigenvalue weighted by Gasteiger charge is -2.03. The number of hydrogen-bond donors (Lipinski definition) is 0. The molecule has 0 rings (SSSR count). The van der Waals surface area contributed by atoms with Crippen molar-refractivity contribution in [2.75, 3.05) is 6.54 Å². The van der Waals surface area contributed by atoms with Crippen LogP contribution < -0.4 is 0 Å². The van der Waals surface area contributed by atoms with Gasteiger partial charge in [0.25, 0.3) is 0 Å². The largest absolute Gasteiger partial charge is 0.301 e. The summed E-state index contributed by atoms with van der Waals surface area (Å²) in [4.78, 5) is 3.89. The molecule has 0 spiro atoms. The lowest BCUT2D eigenvalue weighted by atomic mass is 10.0. The topological polar surface area (TPSA) is 12.4 Å². The monoisotopic (exact) mass is 281 g/mol. The van der Waals surface area contributed by atoms with Gasteiger partial charge in [-0.15, -0.1) is 0 Å². The highest BCUT2D eigenvalue weighted by Gasteiger charge is 1.94. The van der Waals surface area contributed by atoms with E-state index in [1.165, 1.54) is 103 Å². The molecule has 0 aromatic heterocycles. The molecule has 1 nitrogen and oxygen atoms in total. The van der Waals surface area contributed by atoms with Gasteiger partial charge in [0.15, 0.2) is 0 Å². The Morgan fingerprint density at radius 1 is 0.500 bits per heavy atom. The molecule has 0 aromatic carbocycles. The van der Waals surface area contributed by atoms with Crippen molar-refractivity contribution in [3.05, 3.63) is 0 Å². The SMILES string of the molecule is C=NCCCCCCCCCCCCCCCCCC. The summed E-state index contributed by atoms with van der Waals surface area (Å²) < 4.78 is 0. The highest BCUT2D eigenvalue weighted by Crippen LogP contribution is 2.13. The Labute approximate surface area is 128 Å². The number of hydrogen-bond acceptors (Lipinski definition) is 1. The van der Waals surface area contributed by atoms with Gasteiger partial charge in [-0.2, -0.15) is 0 Å². The second-order valence-corrected chi connectivity index (χ2v) is 6.25. The fraction of sp³-hybridized carbons (Fsp3) is 0.947. The first-order valence-corrected chi connectivity index (χ1v) is 9.34. The molecule has 0 N–H and O–H groups in total. The van der Waals surface area contributed by atoms with Crippen LogP contribution in [0, 0.1) is 0 Å². The van der Waals surface area contributed by atoms with Crippen molar-refractivity contribution in [1.29, 1.82) is 0 Å². The first kappa shape index (κ1) is 19.7. The van der Waals surface area contributed by atoms with Crippen molar-refractivity contribution >= 4 is 6.72 Å². The average molecular weight is 282 g/mol. The van der Waals surface area contributed by atoms with Crippen molar-refractivity contribution < 1.29 is 0 Å². The maximum Gasteiger partial charge on any atom is 0.0382 e. The molecule has 0 aliphatic carbocycles. The molecule has 20 heavy (non-hydrogen) atoms. The molecule has 0 atom stereocenters. The zero-order valence-electron chi connectivity index (χ0n) is 14.2. The van der Waals surface area contributed by atoms with Crippen molar-refractivity contribution in [2.24, 2.45) is 4.99 Å². The number of rotatable bonds is 17. The summed E-state index contributed by atoms with van der Waals surface area (Å²) in [5.74, 6) is 0. The molecule has 0 amide bonds.